The Balaban J connectivity index is 2.46. The van der Waals surface area contributed by atoms with E-state index in [0.29, 0.717) is 12.5 Å². The summed E-state index contributed by atoms with van der Waals surface area (Å²) in [5.74, 6) is 0.563. The highest BCUT2D eigenvalue weighted by atomic mass is 16.1. The van der Waals surface area contributed by atoms with Crippen molar-refractivity contribution in [3.05, 3.63) is 24.0 Å². The van der Waals surface area contributed by atoms with Crippen LogP contribution >= 0.6 is 0 Å². The molecule has 1 aromatic heterocycles. The Labute approximate surface area is 97.0 Å². The SMILES string of the molecule is CNCc1cccn1CC(=O)NCC(C)C. The fraction of sp³-hybridized carbons (Fsp3) is 0.583. The van der Waals surface area contributed by atoms with Gasteiger partial charge < -0.3 is 15.2 Å². The number of nitrogens with one attached hydrogen (secondary N) is 2. The summed E-state index contributed by atoms with van der Waals surface area (Å²) in [5, 5.41) is 5.99. The van der Waals surface area contributed by atoms with E-state index in [0.717, 1.165) is 18.8 Å². The lowest BCUT2D eigenvalue weighted by atomic mass is 10.2. The Morgan fingerprint density at radius 2 is 2.25 bits per heavy atom. The summed E-state index contributed by atoms with van der Waals surface area (Å²) in [6.07, 6.45) is 1.93. The molecule has 1 amide bonds. The standard InChI is InChI=1S/C12H21N3O/c1-10(2)7-14-12(16)9-15-6-4-5-11(15)8-13-3/h4-6,10,13H,7-9H2,1-3H3,(H,14,16). The molecule has 0 aromatic carbocycles. The molecule has 1 aromatic rings. The minimum atomic E-state index is 0.0715. The number of amides is 1. The van der Waals surface area contributed by atoms with Crippen LogP contribution in [0.5, 0.6) is 0 Å². The number of hydrogen-bond donors (Lipinski definition) is 2. The molecule has 0 spiro atoms. The predicted molar refractivity (Wildman–Crippen MR) is 65.0 cm³/mol. The molecule has 16 heavy (non-hydrogen) atoms. The van der Waals surface area contributed by atoms with E-state index in [2.05, 4.69) is 24.5 Å². The van der Waals surface area contributed by atoms with E-state index in [4.69, 9.17) is 0 Å². The van der Waals surface area contributed by atoms with Crippen molar-refractivity contribution < 1.29 is 4.79 Å². The largest absolute Gasteiger partial charge is 0.354 e. The molecule has 0 bridgehead atoms. The normalized spacial score (nSPS) is 10.8. The van der Waals surface area contributed by atoms with Crippen LogP contribution in [0.4, 0.5) is 0 Å². The molecule has 1 rings (SSSR count). The molecule has 0 aliphatic heterocycles. The van der Waals surface area contributed by atoms with E-state index in [1.165, 1.54) is 0 Å². The van der Waals surface area contributed by atoms with Gasteiger partial charge in [0.25, 0.3) is 0 Å². The summed E-state index contributed by atoms with van der Waals surface area (Å²) in [6.45, 7) is 6.09. The van der Waals surface area contributed by atoms with Crippen LogP contribution in [0.2, 0.25) is 0 Å². The van der Waals surface area contributed by atoms with Crippen LogP contribution in [-0.2, 0) is 17.9 Å². The van der Waals surface area contributed by atoms with Crippen LogP contribution in [0, 0.1) is 5.92 Å². The minimum Gasteiger partial charge on any atom is -0.354 e. The molecule has 4 heteroatoms. The average Bonchev–Trinajstić information content (AvgIpc) is 2.63. The predicted octanol–water partition coefficient (Wildman–Crippen LogP) is 0.980. The van der Waals surface area contributed by atoms with Gasteiger partial charge in [-0.15, -0.1) is 0 Å². The third kappa shape index (κ3) is 4.06. The van der Waals surface area contributed by atoms with Gasteiger partial charge in [0.1, 0.15) is 6.54 Å². The molecular weight excluding hydrogens is 202 g/mol. The Morgan fingerprint density at radius 1 is 1.50 bits per heavy atom. The van der Waals surface area contributed by atoms with E-state index in [9.17, 15) is 4.79 Å². The number of carbonyl (C=O) groups excluding carboxylic acids is 1. The van der Waals surface area contributed by atoms with Gasteiger partial charge in [0, 0.05) is 25.0 Å². The fourth-order valence-electron chi connectivity index (χ4n) is 1.47. The molecule has 4 nitrogen and oxygen atoms in total. The summed E-state index contributed by atoms with van der Waals surface area (Å²) in [4.78, 5) is 11.6. The average molecular weight is 223 g/mol. The third-order valence-electron chi connectivity index (χ3n) is 2.30. The van der Waals surface area contributed by atoms with Crippen LogP contribution in [-0.4, -0.2) is 24.1 Å². The molecule has 90 valence electrons. The summed E-state index contributed by atoms with van der Waals surface area (Å²) >= 11 is 0. The first-order valence-corrected chi connectivity index (χ1v) is 5.68. The lowest BCUT2D eigenvalue weighted by Gasteiger charge is -2.10. The zero-order valence-corrected chi connectivity index (χ0v) is 10.3. The monoisotopic (exact) mass is 223 g/mol. The van der Waals surface area contributed by atoms with Gasteiger partial charge >= 0.3 is 0 Å². The topological polar surface area (TPSA) is 46.1 Å². The van der Waals surface area contributed by atoms with Gasteiger partial charge in [0.05, 0.1) is 0 Å². The van der Waals surface area contributed by atoms with E-state index < -0.39 is 0 Å². The first kappa shape index (κ1) is 12.8. The first-order chi connectivity index (χ1) is 7.63. The quantitative estimate of drug-likeness (QED) is 0.755. The van der Waals surface area contributed by atoms with Gasteiger partial charge in [-0.05, 0) is 25.1 Å². The van der Waals surface area contributed by atoms with Crippen molar-refractivity contribution in [3.8, 4) is 0 Å². The number of rotatable bonds is 6. The number of carbonyl (C=O) groups is 1. The Kier molecular flexibility index (Phi) is 5.05. The summed E-state index contributed by atoms with van der Waals surface area (Å²) in [6, 6.07) is 3.98. The second-order valence-corrected chi connectivity index (χ2v) is 4.36. The highest BCUT2D eigenvalue weighted by Gasteiger charge is 2.05. The second-order valence-electron chi connectivity index (χ2n) is 4.36. The third-order valence-corrected chi connectivity index (χ3v) is 2.30. The van der Waals surface area contributed by atoms with Crippen molar-refractivity contribution in [3.63, 3.8) is 0 Å². The fourth-order valence-corrected chi connectivity index (χ4v) is 1.47. The van der Waals surface area contributed by atoms with Crippen molar-refractivity contribution in [2.45, 2.75) is 26.9 Å². The number of aromatic nitrogens is 1. The molecule has 0 fully saturated rings. The van der Waals surface area contributed by atoms with Crippen LogP contribution in [0.15, 0.2) is 18.3 Å². The molecule has 0 aliphatic rings. The van der Waals surface area contributed by atoms with Crippen molar-refractivity contribution >= 4 is 5.91 Å². The Morgan fingerprint density at radius 3 is 2.88 bits per heavy atom. The van der Waals surface area contributed by atoms with Gasteiger partial charge in [0.2, 0.25) is 5.91 Å². The smallest absolute Gasteiger partial charge is 0.239 e. The van der Waals surface area contributed by atoms with Crippen molar-refractivity contribution in [1.29, 1.82) is 0 Å². The summed E-state index contributed by atoms with van der Waals surface area (Å²) < 4.78 is 1.96. The van der Waals surface area contributed by atoms with Crippen molar-refractivity contribution in [2.75, 3.05) is 13.6 Å². The molecule has 0 atom stereocenters. The Bertz CT molecular complexity index is 331. The zero-order chi connectivity index (χ0) is 12.0. The van der Waals surface area contributed by atoms with E-state index in [1.807, 2.05) is 29.9 Å². The van der Waals surface area contributed by atoms with Gasteiger partial charge in [-0.1, -0.05) is 13.8 Å². The first-order valence-electron chi connectivity index (χ1n) is 5.68. The maximum absolute atomic E-state index is 11.6. The Hall–Kier alpha value is -1.29. The molecule has 0 saturated carbocycles. The second kappa shape index (κ2) is 6.33. The maximum Gasteiger partial charge on any atom is 0.239 e. The van der Waals surface area contributed by atoms with Gasteiger partial charge in [-0.3, -0.25) is 4.79 Å². The van der Waals surface area contributed by atoms with Crippen LogP contribution in [0.25, 0.3) is 0 Å². The molecule has 0 saturated heterocycles. The van der Waals surface area contributed by atoms with Gasteiger partial charge in [-0.25, -0.2) is 0 Å². The van der Waals surface area contributed by atoms with Crippen molar-refractivity contribution in [1.82, 2.24) is 15.2 Å². The van der Waals surface area contributed by atoms with Gasteiger partial charge in [0.15, 0.2) is 0 Å². The molecular formula is C12H21N3O. The van der Waals surface area contributed by atoms with Crippen LogP contribution in [0.1, 0.15) is 19.5 Å². The summed E-state index contributed by atoms with van der Waals surface area (Å²) in [7, 11) is 1.90. The van der Waals surface area contributed by atoms with E-state index in [-0.39, 0.29) is 5.91 Å². The minimum absolute atomic E-state index is 0.0715. The molecule has 0 unspecified atom stereocenters. The zero-order valence-electron chi connectivity index (χ0n) is 10.3. The van der Waals surface area contributed by atoms with E-state index in [1.54, 1.807) is 0 Å². The lowest BCUT2D eigenvalue weighted by molar-refractivity contribution is -0.121. The number of nitrogens with zero attached hydrogens (tertiary/aromatic N) is 1. The van der Waals surface area contributed by atoms with Gasteiger partial charge in [-0.2, -0.15) is 0 Å². The molecule has 0 radical (unpaired) electrons. The van der Waals surface area contributed by atoms with E-state index >= 15 is 0 Å². The van der Waals surface area contributed by atoms with Crippen LogP contribution < -0.4 is 10.6 Å². The molecule has 0 aliphatic carbocycles. The van der Waals surface area contributed by atoms with Crippen molar-refractivity contribution in [2.24, 2.45) is 5.92 Å². The molecule has 2 N–H and O–H groups in total. The maximum atomic E-state index is 11.6. The highest BCUT2D eigenvalue weighted by Crippen LogP contribution is 2.01. The lowest BCUT2D eigenvalue weighted by Crippen LogP contribution is -2.31. The number of hydrogen-bond acceptors (Lipinski definition) is 2. The summed E-state index contributed by atoms with van der Waals surface area (Å²) in [5.41, 5.74) is 1.13. The van der Waals surface area contributed by atoms with Crippen LogP contribution in [0.3, 0.4) is 0 Å². The molecule has 1 heterocycles. The highest BCUT2D eigenvalue weighted by molar-refractivity contribution is 5.75.